The van der Waals surface area contributed by atoms with Crippen LogP contribution in [0.3, 0.4) is 0 Å². The van der Waals surface area contributed by atoms with Crippen molar-refractivity contribution in [2.75, 3.05) is 12.3 Å². The van der Waals surface area contributed by atoms with Gasteiger partial charge >= 0.3 is 0 Å². The van der Waals surface area contributed by atoms with Crippen LogP contribution in [0.5, 0.6) is 0 Å². The summed E-state index contributed by atoms with van der Waals surface area (Å²) in [5.41, 5.74) is 6.94. The monoisotopic (exact) mass is 310 g/mol. The molecule has 0 radical (unpaired) electrons. The van der Waals surface area contributed by atoms with E-state index in [1.54, 1.807) is 18.2 Å². The summed E-state index contributed by atoms with van der Waals surface area (Å²) in [4.78, 5) is 15.5. The topological polar surface area (TPSA) is 94.0 Å². The number of nitrogens with zero attached hydrogens (tertiary/aromatic N) is 2. The fourth-order valence-electron chi connectivity index (χ4n) is 1.41. The number of aromatic nitrogens is 2. The van der Waals surface area contributed by atoms with E-state index >= 15 is 0 Å². The molecule has 0 atom stereocenters. The molecule has 0 fully saturated rings. The first-order valence-corrected chi connectivity index (χ1v) is 6.08. The standard InChI is InChI=1S/C11H11BrN4O2/c1-2-14-10(17)9-15-11(18-16-9)6-3-7(12)5-8(13)4-6/h3-5H,2,13H2,1H3,(H,14,17). The van der Waals surface area contributed by atoms with E-state index in [-0.39, 0.29) is 17.6 Å². The number of nitrogens with two attached hydrogens (primary N) is 1. The van der Waals surface area contributed by atoms with Crippen LogP contribution in [-0.4, -0.2) is 22.6 Å². The smallest absolute Gasteiger partial charge is 0.292 e. The first-order chi connectivity index (χ1) is 8.60. The fraction of sp³-hybridized carbons (Fsp3) is 0.182. The Hall–Kier alpha value is -1.89. The van der Waals surface area contributed by atoms with E-state index in [1.165, 1.54) is 0 Å². The van der Waals surface area contributed by atoms with Gasteiger partial charge in [-0.2, -0.15) is 4.98 Å². The number of anilines is 1. The van der Waals surface area contributed by atoms with Crippen molar-refractivity contribution in [3.05, 3.63) is 28.5 Å². The SMILES string of the molecule is CCNC(=O)c1noc(-c2cc(N)cc(Br)c2)n1. The summed E-state index contributed by atoms with van der Waals surface area (Å²) in [5, 5.41) is 6.21. The van der Waals surface area contributed by atoms with Crippen LogP contribution in [0.15, 0.2) is 27.2 Å². The number of carbonyl (C=O) groups is 1. The van der Waals surface area contributed by atoms with Gasteiger partial charge in [0, 0.05) is 22.3 Å². The van der Waals surface area contributed by atoms with E-state index in [0.29, 0.717) is 17.8 Å². The van der Waals surface area contributed by atoms with Crippen molar-refractivity contribution in [1.82, 2.24) is 15.5 Å². The van der Waals surface area contributed by atoms with E-state index in [4.69, 9.17) is 10.3 Å². The van der Waals surface area contributed by atoms with Crippen molar-refractivity contribution in [2.24, 2.45) is 0 Å². The third-order valence-electron chi connectivity index (χ3n) is 2.13. The number of amides is 1. The molecule has 2 rings (SSSR count). The number of hydrogen-bond donors (Lipinski definition) is 2. The van der Waals surface area contributed by atoms with Gasteiger partial charge < -0.3 is 15.6 Å². The average Bonchev–Trinajstić information content (AvgIpc) is 2.77. The molecule has 1 heterocycles. The molecule has 0 saturated heterocycles. The first kappa shape index (κ1) is 12.6. The van der Waals surface area contributed by atoms with E-state index in [2.05, 4.69) is 31.4 Å². The maximum absolute atomic E-state index is 11.5. The largest absolute Gasteiger partial charge is 0.399 e. The number of benzene rings is 1. The molecule has 0 aliphatic heterocycles. The molecular formula is C11H11BrN4O2. The van der Waals surface area contributed by atoms with Gasteiger partial charge in [-0.3, -0.25) is 4.79 Å². The molecule has 0 spiro atoms. The van der Waals surface area contributed by atoms with Gasteiger partial charge in [-0.25, -0.2) is 0 Å². The zero-order chi connectivity index (χ0) is 13.1. The summed E-state index contributed by atoms with van der Waals surface area (Å²) in [7, 11) is 0. The summed E-state index contributed by atoms with van der Waals surface area (Å²) in [6.07, 6.45) is 0. The molecule has 3 N–H and O–H groups in total. The maximum Gasteiger partial charge on any atom is 0.292 e. The first-order valence-electron chi connectivity index (χ1n) is 5.28. The lowest BCUT2D eigenvalue weighted by atomic mass is 10.2. The normalized spacial score (nSPS) is 10.3. The van der Waals surface area contributed by atoms with Gasteiger partial charge in [-0.15, -0.1) is 0 Å². The molecule has 0 aliphatic rings. The molecule has 0 bridgehead atoms. The molecule has 0 aliphatic carbocycles. The predicted octanol–water partition coefficient (Wildman–Crippen LogP) is 1.83. The highest BCUT2D eigenvalue weighted by Crippen LogP contribution is 2.24. The second-order valence-corrected chi connectivity index (χ2v) is 4.47. The molecule has 6 nitrogen and oxygen atoms in total. The molecular weight excluding hydrogens is 300 g/mol. The minimum absolute atomic E-state index is 0.00500. The third-order valence-corrected chi connectivity index (χ3v) is 2.59. The van der Waals surface area contributed by atoms with Crippen LogP contribution in [0.2, 0.25) is 0 Å². The van der Waals surface area contributed by atoms with Crippen LogP contribution in [-0.2, 0) is 0 Å². The Morgan fingerprint density at radius 2 is 2.28 bits per heavy atom. The Labute approximate surface area is 112 Å². The molecule has 18 heavy (non-hydrogen) atoms. The quantitative estimate of drug-likeness (QED) is 0.843. The molecule has 1 aromatic heterocycles. The van der Waals surface area contributed by atoms with Crippen LogP contribution in [0.4, 0.5) is 5.69 Å². The Kier molecular flexibility index (Phi) is 3.61. The lowest BCUT2D eigenvalue weighted by Crippen LogP contribution is -2.23. The number of rotatable bonds is 3. The van der Waals surface area contributed by atoms with Gasteiger partial charge in [0.1, 0.15) is 0 Å². The number of nitrogen functional groups attached to an aromatic ring is 1. The molecule has 1 aromatic carbocycles. The van der Waals surface area contributed by atoms with Gasteiger partial charge in [-0.1, -0.05) is 21.1 Å². The second kappa shape index (κ2) is 5.18. The number of halogens is 1. The van der Waals surface area contributed by atoms with Gasteiger partial charge in [0.25, 0.3) is 17.6 Å². The summed E-state index contributed by atoms with van der Waals surface area (Å²) in [6.45, 7) is 2.32. The van der Waals surface area contributed by atoms with Gasteiger partial charge in [0.2, 0.25) is 0 Å². The number of carbonyl (C=O) groups excluding carboxylic acids is 1. The highest BCUT2D eigenvalue weighted by molar-refractivity contribution is 9.10. The Bertz CT molecular complexity index is 562. The van der Waals surface area contributed by atoms with Crippen LogP contribution in [0, 0.1) is 0 Å². The summed E-state index contributed by atoms with van der Waals surface area (Å²) >= 11 is 3.32. The molecule has 1 amide bonds. The van der Waals surface area contributed by atoms with Crippen LogP contribution < -0.4 is 11.1 Å². The van der Waals surface area contributed by atoms with Crippen molar-refractivity contribution in [2.45, 2.75) is 6.92 Å². The average molecular weight is 311 g/mol. The van der Waals surface area contributed by atoms with E-state index < -0.39 is 0 Å². The fourth-order valence-corrected chi connectivity index (χ4v) is 1.92. The Morgan fingerprint density at radius 3 is 2.94 bits per heavy atom. The maximum atomic E-state index is 11.5. The van der Waals surface area contributed by atoms with Gasteiger partial charge in [0.15, 0.2) is 0 Å². The van der Waals surface area contributed by atoms with E-state index in [9.17, 15) is 4.79 Å². The van der Waals surface area contributed by atoms with E-state index in [0.717, 1.165) is 4.47 Å². The molecule has 94 valence electrons. The molecule has 0 saturated carbocycles. The van der Waals surface area contributed by atoms with Crippen molar-refractivity contribution < 1.29 is 9.32 Å². The zero-order valence-corrected chi connectivity index (χ0v) is 11.2. The van der Waals surface area contributed by atoms with Gasteiger partial charge in [-0.05, 0) is 25.1 Å². The minimum atomic E-state index is -0.365. The predicted molar refractivity (Wildman–Crippen MR) is 69.9 cm³/mol. The number of hydrogen-bond acceptors (Lipinski definition) is 5. The molecule has 2 aromatic rings. The Balaban J connectivity index is 2.32. The van der Waals surface area contributed by atoms with Crippen molar-refractivity contribution >= 4 is 27.5 Å². The molecule has 0 unspecified atom stereocenters. The van der Waals surface area contributed by atoms with Crippen molar-refractivity contribution in [3.8, 4) is 11.5 Å². The summed E-state index contributed by atoms with van der Waals surface area (Å²) in [6, 6.07) is 5.23. The lowest BCUT2D eigenvalue weighted by Gasteiger charge is -1.98. The molecule has 7 heteroatoms. The van der Waals surface area contributed by atoms with Crippen LogP contribution in [0.25, 0.3) is 11.5 Å². The number of nitrogens with one attached hydrogen (secondary N) is 1. The van der Waals surface area contributed by atoms with Crippen LogP contribution in [0.1, 0.15) is 17.5 Å². The van der Waals surface area contributed by atoms with Crippen LogP contribution >= 0.6 is 15.9 Å². The summed E-state index contributed by atoms with van der Waals surface area (Å²) < 4.78 is 5.83. The minimum Gasteiger partial charge on any atom is -0.399 e. The van der Waals surface area contributed by atoms with Crippen molar-refractivity contribution in [3.63, 3.8) is 0 Å². The lowest BCUT2D eigenvalue weighted by molar-refractivity contribution is 0.0942. The third kappa shape index (κ3) is 2.67. The van der Waals surface area contributed by atoms with Gasteiger partial charge in [0.05, 0.1) is 0 Å². The summed E-state index contributed by atoms with van der Waals surface area (Å²) in [5.74, 6) is -0.106. The van der Waals surface area contributed by atoms with Crippen molar-refractivity contribution in [1.29, 1.82) is 0 Å². The highest BCUT2D eigenvalue weighted by atomic mass is 79.9. The van der Waals surface area contributed by atoms with E-state index in [1.807, 2.05) is 6.92 Å². The highest BCUT2D eigenvalue weighted by Gasteiger charge is 2.15. The second-order valence-electron chi connectivity index (χ2n) is 3.56. The zero-order valence-electron chi connectivity index (χ0n) is 9.61. The Morgan fingerprint density at radius 1 is 1.50 bits per heavy atom.